The van der Waals surface area contributed by atoms with E-state index < -0.39 is 0 Å². The molecule has 0 saturated carbocycles. The van der Waals surface area contributed by atoms with Crippen molar-refractivity contribution in [3.8, 4) is 0 Å². The van der Waals surface area contributed by atoms with Crippen LogP contribution in [0.1, 0.15) is 15.9 Å². The smallest absolute Gasteiger partial charge is 0.191 e. The Balaban J connectivity index is 0.00000220. The second kappa shape index (κ2) is 7.60. The van der Waals surface area contributed by atoms with Crippen LogP contribution in [0.15, 0.2) is 54.9 Å². The van der Waals surface area contributed by atoms with Crippen molar-refractivity contribution in [3.63, 3.8) is 0 Å². The zero-order valence-corrected chi connectivity index (χ0v) is 13.2. The Hall–Kier alpha value is -2.13. The van der Waals surface area contributed by atoms with Gasteiger partial charge in [0, 0.05) is 37.5 Å². The molecule has 1 heterocycles. The number of hydrogen-bond donors (Lipinski definition) is 0. The molecule has 2 aromatic rings. The van der Waals surface area contributed by atoms with Gasteiger partial charge in [0.2, 0.25) is 0 Å². The molecule has 1 aromatic carbocycles. The molecule has 0 spiro atoms. The Bertz CT molecular complexity index is 616. The average Bonchev–Trinajstić information content (AvgIpc) is 2.46. The van der Waals surface area contributed by atoms with Gasteiger partial charge < -0.3 is 17.3 Å². The van der Waals surface area contributed by atoms with E-state index in [1.54, 1.807) is 12.3 Å². The number of carbonyl (C=O) groups is 1. The second-order valence-electron chi connectivity index (χ2n) is 4.94. The van der Waals surface area contributed by atoms with Crippen molar-refractivity contribution in [1.29, 1.82) is 0 Å². The van der Waals surface area contributed by atoms with Crippen LogP contribution in [-0.2, 0) is 0 Å². The topological polar surface area (TPSA) is 24.2 Å². The van der Waals surface area contributed by atoms with Gasteiger partial charge in [0.1, 0.15) is 0 Å². The van der Waals surface area contributed by atoms with Crippen LogP contribution < -0.4 is 21.9 Å². The third kappa shape index (κ3) is 4.72. The predicted octanol–water partition coefficient (Wildman–Crippen LogP) is -0.294. The molecule has 0 saturated heterocycles. The Labute approximate surface area is 131 Å². The van der Waals surface area contributed by atoms with Gasteiger partial charge in [-0.2, -0.15) is 4.57 Å². The van der Waals surface area contributed by atoms with Crippen molar-refractivity contribution in [2.75, 3.05) is 19.0 Å². The molecule has 0 atom stereocenters. The highest BCUT2D eigenvalue weighted by Crippen LogP contribution is 2.06. The number of rotatable bonds is 4. The van der Waals surface area contributed by atoms with E-state index in [2.05, 4.69) is 0 Å². The Morgan fingerprint density at radius 3 is 2.14 bits per heavy atom. The molecule has 0 fully saturated rings. The van der Waals surface area contributed by atoms with E-state index in [1.807, 2.05) is 79.3 Å². The summed E-state index contributed by atoms with van der Waals surface area (Å²) >= 11 is 0. The minimum atomic E-state index is 0. The number of hydrogen-bond acceptors (Lipinski definition) is 2. The number of aromatic nitrogens is 1. The lowest BCUT2D eigenvalue weighted by molar-refractivity contribution is -0.568. The Kier molecular flexibility index (Phi) is 6.12. The van der Waals surface area contributed by atoms with Crippen LogP contribution in [0.5, 0.6) is 0 Å². The standard InChI is InChI=1S/C17H19N2O.ClH/c1-14-4-6-15(7-5-14)17(20)10-13-19-11-8-16(9-12-19)18(2)3;/h4-13H,1-3H3;1H/q+1;/p-1/b13-10+;. The van der Waals surface area contributed by atoms with E-state index in [1.165, 1.54) is 0 Å². The monoisotopic (exact) mass is 302 g/mol. The van der Waals surface area contributed by atoms with Gasteiger partial charge in [0.05, 0.1) is 6.08 Å². The van der Waals surface area contributed by atoms with Gasteiger partial charge in [-0.25, -0.2) is 0 Å². The molecule has 0 bridgehead atoms. The number of allylic oxidation sites excluding steroid dienone is 1. The van der Waals surface area contributed by atoms with Gasteiger partial charge in [0.15, 0.2) is 24.4 Å². The summed E-state index contributed by atoms with van der Waals surface area (Å²) in [6.45, 7) is 2.01. The fraction of sp³-hybridized carbons (Fsp3) is 0.176. The molecular formula is C17H19ClN2O. The molecule has 21 heavy (non-hydrogen) atoms. The first-order valence-electron chi connectivity index (χ1n) is 6.53. The van der Waals surface area contributed by atoms with Crippen LogP contribution in [0.3, 0.4) is 0 Å². The summed E-state index contributed by atoms with van der Waals surface area (Å²) in [6.07, 6.45) is 7.20. The SMILES string of the molecule is Cc1ccc(C(=O)/C=C/[n+]2ccc(N(C)C)cc2)cc1.[Cl-]. The normalized spacial score (nSPS) is 10.2. The van der Waals surface area contributed by atoms with Crippen LogP contribution in [0.2, 0.25) is 0 Å². The van der Waals surface area contributed by atoms with E-state index in [9.17, 15) is 4.79 Å². The van der Waals surface area contributed by atoms with Gasteiger partial charge >= 0.3 is 0 Å². The summed E-state index contributed by atoms with van der Waals surface area (Å²) in [5.74, 6) is 0.00851. The third-order valence-electron chi connectivity index (χ3n) is 3.09. The zero-order chi connectivity index (χ0) is 14.5. The highest BCUT2D eigenvalue weighted by molar-refractivity contribution is 6.05. The lowest BCUT2D eigenvalue weighted by Crippen LogP contribution is -3.00. The van der Waals surface area contributed by atoms with Crippen LogP contribution in [0.25, 0.3) is 6.20 Å². The molecule has 0 radical (unpaired) electrons. The lowest BCUT2D eigenvalue weighted by Gasteiger charge is -2.09. The van der Waals surface area contributed by atoms with E-state index in [4.69, 9.17) is 0 Å². The van der Waals surface area contributed by atoms with Crippen molar-refractivity contribution in [2.24, 2.45) is 0 Å². The van der Waals surface area contributed by atoms with E-state index in [-0.39, 0.29) is 18.2 Å². The second-order valence-corrected chi connectivity index (χ2v) is 4.94. The summed E-state index contributed by atoms with van der Waals surface area (Å²) in [6, 6.07) is 11.6. The van der Waals surface area contributed by atoms with Gasteiger partial charge in [-0.3, -0.25) is 4.79 Å². The summed E-state index contributed by atoms with van der Waals surface area (Å²) in [4.78, 5) is 14.0. The molecule has 110 valence electrons. The van der Waals surface area contributed by atoms with E-state index in [0.717, 1.165) is 11.3 Å². The number of ketones is 1. The lowest BCUT2D eigenvalue weighted by atomic mass is 10.1. The van der Waals surface area contributed by atoms with Crippen molar-refractivity contribution in [2.45, 2.75) is 6.92 Å². The summed E-state index contributed by atoms with van der Waals surface area (Å²) in [5, 5.41) is 0. The van der Waals surface area contributed by atoms with Crippen LogP contribution >= 0.6 is 0 Å². The fourth-order valence-electron chi connectivity index (χ4n) is 1.80. The first-order chi connectivity index (χ1) is 9.56. The van der Waals surface area contributed by atoms with Crippen LogP contribution in [0, 0.1) is 6.92 Å². The minimum Gasteiger partial charge on any atom is -1.00 e. The molecule has 0 unspecified atom stereocenters. The van der Waals surface area contributed by atoms with Gasteiger partial charge in [-0.15, -0.1) is 0 Å². The highest BCUT2D eigenvalue weighted by Gasteiger charge is 2.03. The zero-order valence-electron chi connectivity index (χ0n) is 12.5. The number of benzene rings is 1. The molecule has 0 aliphatic heterocycles. The highest BCUT2D eigenvalue weighted by atomic mass is 35.5. The molecule has 0 amide bonds. The summed E-state index contributed by atoms with van der Waals surface area (Å²) in [7, 11) is 3.99. The molecule has 4 heteroatoms. The molecule has 0 N–H and O–H groups in total. The van der Waals surface area contributed by atoms with Crippen LogP contribution in [0.4, 0.5) is 5.69 Å². The summed E-state index contributed by atoms with van der Waals surface area (Å²) < 4.78 is 1.86. The molecule has 1 aromatic heterocycles. The molecule has 0 aliphatic rings. The number of pyridine rings is 1. The maximum atomic E-state index is 12.0. The van der Waals surface area contributed by atoms with Gasteiger partial charge in [0.25, 0.3) is 0 Å². The maximum Gasteiger partial charge on any atom is 0.191 e. The van der Waals surface area contributed by atoms with Gasteiger partial charge in [-0.1, -0.05) is 29.8 Å². The van der Waals surface area contributed by atoms with Crippen molar-refractivity contribution in [1.82, 2.24) is 0 Å². The number of carbonyl (C=O) groups excluding carboxylic acids is 1. The molecule has 2 rings (SSSR count). The number of aryl methyl sites for hydroxylation is 1. The van der Waals surface area contributed by atoms with E-state index >= 15 is 0 Å². The largest absolute Gasteiger partial charge is 1.00 e. The van der Waals surface area contributed by atoms with E-state index in [0.29, 0.717) is 5.56 Å². The first kappa shape index (κ1) is 16.9. The van der Waals surface area contributed by atoms with Crippen molar-refractivity contribution >= 4 is 17.7 Å². The Morgan fingerprint density at radius 2 is 1.62 bits per heavy atom. The first-order valence-corrected chi connectivity index (χ1v) is 6.53. The average molecular weight is 303 g/mol. The van der Waals surface area contributed by atoms with Crippen molar-refractivity contribution < 1.29 is 21.8 Å². The molecular weight excluding hydrogens is 284 g/mol. The fourth-order valence-corrected chi connectivity index (χ4v) is 1.80. The maximum absolute atomic E-state index is 12.0. The quantitative estimate of drug-likeness (QED) is 0.440. The van der Waals surface area contributed by atoms with Crippen LogP contribution in [-0.4, -0.2) is 19.9 Å². The molecule has 3 nitrogen and oxygen atoms in total. The number of halogens is 1. The number of nitrogens with zero attached hydrogens (tertiary/aromatic N) is 2. The number of anilines is 1. The van der Waals surface area contributed by atoms with Crippen molar-refractivity contribution in [3.05, 3.63) is 66.0 Å². The minimum absolute atomic E-state index is 0. The third-order valence-corrected chi connectivity index (χ3v) is 3.09. The van der Waals surface area contributed by atoms with Gasteiger partial charge in [-0.05, 0) is 6.92 Å². The Morgan fingerprint density at radius 1 is 1.05 bits per heavy atom. The summed E-state index contributed by atoms with van der Waals surface area (Å²) in [5.41, 5.74) is 2.98. The molecule has 0 aliphatic carbocycles. The predicted molar refractivity (Wildman–Crippen MR) is 81.8 cm³/mol.